The fraction of sp³-hybridized carbons (Fsp3) is 1.00. The maximum Gasteiger partial charge on any atom is 0.319 e. The number of rotatable bonds is 5. The first-order valence-electron chi connectivity index (χ1n) is 3.10. The summed E-state index contributed by atoms with van der Waals surface area (Å²) < 4.78 is 20.0. The third kappa shape index (κ3) is 6.03. The predicted octanol–water partition coefficient (Wildman–Crippen LogP) is 1.84. The van der Waals surface area contributed by atoms with E-state index in [1.165, 1.54) is 0 Å². The van der Waals surface area contributed by atoms with E-state index in [4.69, 9.17) is 4.52 Å². The van der Waals surface area contributed by atoms with Crippen LogP contribution in [0.2, 0.25) is 0 Å². The molecular weight excluding hydrogens is 139 g/mol. The Balaban J connectivity index is 3.06. The van der Waals surface area contributed by atoms with E-state index in [1.807, 2.05) is 6.92 Å². The summed E-state index contributed by atoms with van der Waals surface area (Å²) in [6.45, 7) is 4.73. The lowest BCUT2D eigenvalue weighted by Gasteiger charge is -1.99. The highest BCUT2D eigenvalue weighted by Gasteiger charge is 1.93. The van der Waals surface area contributed by atoms with Crippen molar-refractivity contribution in [3.05, 3.63) is 0 Å². The molecule has 0 heterocycles. The van der Waals surface area contributed by atoms with Gasteiger partial charge in [0.15, 0.2) is 0 Å². The zero-order chi connectivity index (χ0) is 7.11. The average molecular weight is 152 g/mol. The molecule has 0 aliphatic carbocycles. The van der Waals surface area contributed by atoms with Crippen LogP contribution in [-0.2, 0) is 13.6 Å². The van der Waals surface area contributed by atoms with Gasteiger partial charge in [-0.3, -0.25) is 4.57 Å². The second-order valence-corrected chi connectivity index (χ2v) is 2.61. The predicted molar refractivity (Wildman–Crippen MR) is 36.9 cm³/mol. The van der Waals surface area contributed by atoms with Gasteiger partial charge >= 0.3 is 8.25 Å². The highest BCUT2D eigenvalue weighted by Crippen LogP contribution is 2.22. The van der Waals surface area contributed by atoms with E-state index in [1.54, 1.807) is 6.92 Å². The summed E-state index contributed by atoms with van der Waals surface area (Å²) in [4.78, 5) is 0. The molecule has 0 aliphatic heterocycles. The molecule has 9 heavy (non-hydrogen) atoms. The van der Waals surface area contributed by atoms with Crippen molar-refractivity contribution in [2.24, 2.45) is 0 Å². The maximum absolute atomic E-state index is 10.5. The Labute approximate surface area is 56.3 Å². The second kappa shape index (κ2) is 6.27. The van der Waals surface area contributed by atoms with Crippen LogP contribution in [0.3, 0.4) is 0 Å². The smallest absolute Gasteiger partial charge is 0.311 e. The monoisotopic (exact) mass is 152 g/mol. The lowest BCUT2D eigenvalue weighted by atomic mass is 10.5. The van der Waals surface area contributed by atoms with Crippen LogP contribution in [0.5, 0.6) is 0 Å². The van der Waals surface area contributed by atoms with Crippen LogP contribution in [-0.4, -0.2) is 13.2 Å². The molecule has 1 atom stereocenters. The molecule has 0 aromatic carbocycles. The summed E-state index contributed by atoms with van der Waals surface area (Å²) in [5, 5.41) is 0. The summed E-state index contributed by atoms with van der Waals surface area (Å²) in [6.07, 6.45) is 0.878. The summed E-state index contributed by atoms with van der Waals surface area (Å²) in [6, 6.07) is 0. The third-order valence-electron chi connectivity index (χ3n) is 0.686. The fourth-order valence-electron chi connectivity index (χ4n) is 0.345. The molecule has 0 fully saturated rings. The zero-order valence-electron chi connectivity index (χ0n) is 5.85. The Morgan fingerprint density at radius 1 is 1.33 bits per heavy atom. The average Bonchev–Trinajstić information content (AvgIpc) is 1.85. The van der Waals surface area contributed by atoms with Crippen molar-refractivity contribution in [3.8, 4) is 0 Å². The van der Waals surface area contributed by atoms with Crippen LogP contribution in [0.1, 0.15) is 20.3 Å². The van der Waals surface area contributed by atoms with E-state index in [-0.39, 0.29) is 0 Å². The van der Waals surface area contributed by atoms with E-state index in [0.717, 1.165) is 6.42 Å². The van der Waals surface area contributed by atoms with Gasteiger partial charge in [-0.05, 0) is 13.3 Å². The van der Waals surface area contributed by atoms with Gasteiger partial charge in [0, 0.05) is 0 Å². The maximum atomic E-state index is 10.5. The molecule has 0 radical (unpaired) electrons. The minimum Gasteiger partial charge on any atom is -0.311 e. The largest absolute Gasteiger partial charge is 0.319 e. The first kappa shape index (κ1) is 9.15. The third-order valence-corrected chi connectivity index (χ3v) is 1.65. The second-order valence-electron chi connectivity index (χ2n) is 1.53. The van der Waals surface area contributed by atoms with Gasteiger partial charge in [-0.15, -0.1) is 0 Å². The first-order valence-corrected chi connectivity index (χ1v) is 4.33. The van der Waals surface area contributed by atoms with Crippen molar-refractivity contribution in [2.75, 3.05) is 13.2 Å². The Morgan fingerprint density at radius 3 is 2.44 bits per heavy atom. The Kier molecular flexibility index (Phi) is 6.38. The molecule has 4 heteroatoms. The quantitative estimate of drug-likeness (QED) is 0.564. The van der Waals surface area contributed by atoms with Crippen molar-refractivity contribution >= 4 is 8.25 Å². The van der Waals surface area contributed by atoms with E-state index < -0.39 is 8.25 Å². The first-order chi connectivity index (χ1) is 4.31. The molecule has 3 nitrogen and oxygen atoms in total. The molecule has 0 aromatic rings. The van der Waals surface area contributed by atoms with Crippen LogP contribution in [0, 0.1) is 0 Å². The number of hydrogen-bond donors (Lipinski definition) is 0. The van der Waals surface area contributed by atoms with Crippen LogP contribution < -0.4 is 0 Å². The SMILES string of the molecule is CCCO[PH](=O)OCC. The highest BCUT2D eigenvalue weighted by molar-refractivity contribution is 7.33. The van der Waals surface area contributed by atoms with Crippen LogP contribution in [0.15, 0.2) is 0 Å². The lowest BCUT2D eigenvalue weighted by Crippen LogP contribution is -1.85. The molecule has 0 aliphatic rings. The molecule has 0 saturated heterocycles. The molecule has 0 spiro atoms. The number of hydrogen-bond acceptors (Lipinski definition) is 3. The van der Waals surface area contributed by atoms with Gasteiger partial charge in [-0.25, -0.2) is 0 Å². The van der Waals surface area contributed by atoms with Gasteiger partial charge in [-0.2, -0.15) is 0 Å². The Morgan fingerprint density at radius 2 is 2.00 bits per heavy atom. The van der Waals surface area contributed by atoms with Crippen molar-refractivity contribution in [1.82, 2.24) is 0 Å². The molecule has 0 amide bonds. The zero-order valence-corrected chi connectivity index (χ0v) is 6.85. The van der Waals surface area contributed by atoms with E-state index in [9.17, 15) is 4.57 Å². The lowest BCUT2D eigenvalue weighted by molar-refractivity contribution is 0.234. The summed E-state index contributed by atoms with van der Waals surface area (Å²) in [7, 11) is -2.15. The summed E-state index contributed by atoms with van der Waals surface area (Å²) >= 11 is 0. The Bertz CT molecular complexity index is 84.3. The minimum absolute atomic E-state index is 0.460. The molecular formula is C5H13O3P. The van der Waals surface area contributed by atoms with Crippen molar-refractivity contribution in [2.45, 2.75) is 20.3 Å². The molecule has 0 N–H and O–H groups in total. The van der Waals surface area contributed by atoms with Gasteiger partial charge in [0.1, 0.15) is 0 Å². The summed E-state index contributed by atoms with van der Waals surface area (Å²) in [5.41, 5.74) is 0. The summed E-state index contributed by atoms with van der Waals surface area (Å²) in [5.74, 6) is 0. The van der Waals surface area contributed by atoms with Gasteiger partial charge in [0.25, 0.3) is 0 Å². The van der Waals surface area contributed by atoms with Crippen LogP contribution in [0.4, 0.5) is 0 Å². The standard InChI is InChI=1S/C5H13O3P/c1-3-5-8-9(6)7-4-2/h9H,3-5H2,1-2H3. The molecule has 0 aromatic heterocycles. The molecule has 0 bridgehead atoms. The van der Waals surface area contributed by atoms with E-state index >= 15 is 0 Å². The van der Waals surface area contributed by atoms with Crippen molar-refractivity contribution in [3.63, 3.8) is 0 Å². The fourth-order valence-corrected chi connectivity index (χ4v) is 1.03. The molecule has 1 unspecified atom stereocenters. The van der Waals surface area contributed by atoms with Gasteiger partial charge < -0.3 is 9.05 Å². The molecule has 0 saturated carbocycles. The Hall–Kier alpha value is 0.150. The van der Waals surface area contributed by atoms with Gasteiger partial charge in [0.2, 0.25) is 0 Å². The van der Waals surface area contributed by atoms with Gasteiger partial charge in [0.05, 0.1) is 13.2 Å². The molecule has 56 valence electrons. The van der Waals surface area contributed by atoms with Gasteiger partial charge in [-0.1, -0.05) is 6.92 Å². The van der Waals surface area contributed by atoms with Crippen LogP contribution >= 0.6 is 8.25 Å². The van der Waals surface area contributed by atoms with Crippen LogP contribution in [0.25, 0.3) is 0 Å². The van der Waals surface area contributed by atoms with E-state index in [2.05, 4.69) is 4.52 Å². The topological polar surface area (TPSA) is 35.5 Å². The van der Waals surface area contributed by atoms with Crippen molar-refractivity contribution in [1.29, 1.82) is 0 Å². The van der Waals surface area contributed by atoms with E-state index in [0.29, 0.717) is 13.2 Å². The highest BCUT2D eigenvalue weighted by atomic mass is 31.1. The minimum atomic E-state index is -2.15. The normalized spacial score (nSPS) is 13.6. The van der Waals surface area contributed by atoms with Crippen molar-refractivity contribution < 1.29 is 13.6 Å². The molecule has 0 rings (SSSR count).